The molecule has 1 aliphatic heterocycles. The zero-order valence-electron chi connectivity index (χ0n) is 15.3. The molecule has 0 bridgehead atoms. The van der Waals surface area contributed by atoms with Crippen molar-refractivity contribution in [1.29, 1.82) is 0 Å². The molecule has 2 aromatic rings. The minimum Gasteiger partial charge on any atom is -0.495 e. The monoisotopic (exact) mass is 368 g/mol. The fraction of sp³-hybridized carbons (Fsp3) is 0.278. The Labute approximate surface area is 156 Å². The van der Waals surface area contributed by atoms with Crippen molar-refractivity contribution in [3.63, 3.8) is 0 Å². The summed E-state index contributed by atoms with van der Waals surface area (Å²) in [6.45, 7) is 1.78. The maximum absolute atomic E-state index is 12.4. The summed E-state index contributed by atoms with van der Waals surface area (Å²) in [4.78, 5) is 38.6. The first kappa shape index (κ1) is 18.3. The van der Waals surface area contributed by atoms with Crippen LogP contribution in [0.5, 0.6) is 5.75 Å². The lowest BCUT2D eigenvalue weighted by atomic mass is 9.91. The highest BCUT2D eigenvalue weighted by atomic mass is 16.5. The molecule has 140 valence electrons. The number of anilines is 1. The number of carbonyl (C=O) groups is 2. The van der Waals surface area contributed by atoms with Crippen LogP contribution in [-0.2, 0) is 10.3 Å². The molecule has 0 saturated carbocycles. The van der Waals surface area contributed by atoms with Crippen molar-refractivity contribution in [3.8, 4) is 5.75 Å². The maximum atomic E-state index is 12.4. The van der Waals surface area contributed by atoms with Crippen LogP contribution in [0.4, 0.5) is 5.69 Å². The van der Waals surface area contributed by atoms with Crippen molar-refractivity contribution in [2.45, 2.75) is 18.9 Å². The van der Waals surface area contributed by atoms with Crippen molar-refractivity contribution in [3.05, 3.63) is 48.0 Å². The van der Waals surface area contributed by atoms with Gasteiger partial charge < -0.3 is 15.8 Å². The van der Waals surface area contributed by atoms with Crippen molar-refractivity contribution >= 4 is 23.5 Å². The molecule has 9 heteroatoms. The predicted molar refractivity (Wildman–Crippen MR) is 99.3 cm³/mol. The fourth-order valence-electron chi connectivity index (χ4n) is 2.69. The zero-order chi connectivity index (χ0) is 19.6. The summed E-state index contributed by atoms with van der Waals surface area (Å²) in [7, 11) is 3.10. The van der Waals surface area contributed by atoms with Crippen LogP contribution < -0.4 is 15.8 Å². The minimum absolute atomic E-state index is 0.132. The Morgan fingerprint density at radius 2 is 2.11 bits per heavy atom. The molecule has 2 amide bonds. The largest absolute Gasteiger partial charge is 0.495 e. The van der Waals surface area contributed by atoms with E-state index in [4.69, 9.17) is 10.5 Å². The first-order chi connectivity index (χ1) is 12.8. The Hall–Kier alpha value is -3.49. The molecule has 1 unspecified atom stereocenters. The summed E-state index contributed by atoms with van der Waals surface area (Å²) in [6, 6.07) is 6.55. The van der Waals surface area contributed by atoms with Gasteiger partial charge in [0.05, 0.1) is 25.4 Å². The molecule has 0 aliphatic carbocycles. The van der Waals surface area contributed by atoms with Gasteiger partial charge in [0, 0.05) is 18.9 Å². The predicted octanol–water partition coefficient (Wildman–Crippen LogP) is 1.13. The molecule has 0 radical (unpaired) electrons. The van der Waals surface area contributed by atoms with Gasteiger partial charge in [-0.2, -0.15) is 0 Å². The number of nitrogens with zero attached hydrogens (tertiary/aromatic N) is 4. The molecule has 3 rings (SSSR count). The number of amides is 2. The van der Waals surface area contributed by atoms with Crippen LogP contribution in [-0.4, -0.2) is 46.8 Å². The zero-order valence-corrected chi connectivity index (χ0v) is 15.3. The van der Waals surface area contributed by atoms with Crippen LogP contribution in [0, 0.1) is 0 Å². The Balaban J connectivity index is 1.83. The van der Waals surface area contributed by atoms with E-state index in [1.807, 2.05) is 0 Å². The topological polar surface area (TPSA) is 123 Å². The van der Waals surface area contributed by atoms with Crippen LogP contribution in [0.25, 0.3) is 0 Å². The number of guanidine groups is 1. The summed E-state index contributed by atoms with van der Waals surface area (Å²) in [5.74, 6) is 0.173. The van der Waals surface area contributed by atoms with Gasteiger partial charge in [-0.1, -0.05) is 0 Å². The number of hydrogen-bond acceptors (Lipinski definition) is 7. The number of aliphatic imine (C=N–C) groups is 1. The number of carbonyl (C=O) groups excluding carboxylic acids is 2. The van der Waals surface area contributed by atoms with Gasteiger partial charge >= 0.3 is 0 Å². The average molecular weight is 368 g/mol. The van der Waals surface area contributed by atoms with E-state index >= 15 is 0 Å². The lowest BCUT2D eigenvalue weighted by Crippen LogP contribution is -2.47. The van der Waals surface area contributed by atoms with Gasteiger partial charge in [0.25, 0.3) is 5.91 Å². The molecule has 1 aliphatic rings. The van der Waals surface area contributed by atoms with Gasteiger partial charge in [-0.25, -0.2) is 9.98 Å². The summed E-state index contributed by atoms with van der Waals surface area (Å²) in [5.41, 5.74) is 6.24. The van der Waals surface area contributed by atoms with Gasteiger partial charge in [0.1, 0.15) is 17.0 Å². The Bertz CT molecular complexity index is 912. The first-order valence-corrected chi connectivity index (χ1v) is 8.22. The third kappa shape index (κ3) is 3.71. The molecule has 0 aromatic carbocycles. The Kier molecular flexibility index (Phi) is 4.76. The number of nitrogens with two attached hydrogens (primary N) is 1. The number of ether oxygens (including phenoxy) is 1. The summed E-state index contributed by atoms with van der Waals surface area (Å²) < 4.78 is 5.03. The van der Waals surface area contributed by atoms with E-state index in [-0.39, 0.29) is 29.9 Å². The summed E-state index contributed by atoms with van der Waals surface area (Å²) in [6.07, 6.45) is 3.15. The van der Waals surface area contributed by atoms with Crippen molar-refractivity contribution < 1.29 is 14.3 Å². The molecule has 3 heterocycles. The number of rotatable bonds is 4. The average Bonchev–Trinajstić information content (AvgIpc) is 2.66. The molecule has 0 saturated heterocycles. The van der Waals surface area contributed by atoms with Crippen LogP contribution >= 0.6 is 0 Å². The fourth-order valence-corrected chi connectivity index (χ4v) is 2.69. The molecule has 27 heavy (non-hydrogen) atoms. The highest BCUT2D eigenvalue weighted by Gasteiger charge is 2.37. The Morgan fingerprint density at radius 3 is 2.74 bits per heavy atom. The second kappa shape index (κ2) is 7.02. The minimum atomic E-state index is -0.896. The number of aromatic nitrogens is 2. The standard InChI is InChI=1S/C18H20N6O3/c1-18(9-15(25)24(2)17(19)23-18)14-8-11(6-7-20-14)22-16(26)13-5-4-12(27-3)10-21-13/h4-8,10H,9H2,1-3H3,(H2,19,23)(H,20,22,26). The van der Waals surface area contributed by atoms with Gasteiger partial charge in [0.15, 0.2) is 5.96 Å². The third-order valence-corrected chi connectivity index (χ3v) is 4.35. The second-order valence-electron chi connectivity index (χ2n) is 6.34. The quantitative estimate of drug-likeness (QED) is 0.834. The van der Waals surface area contributed by atoms with Crippen LogP contribution in [0.1, 0.15) is 29.5 Å². The second-order valence-corrected chi connectivity index (χ2v) is 6.34. The molecule has 9 nitrogen and oxygen atoms in total. The van der Waals surface area contributed by atoms with Crippen molar-refractivity contribution in [2.75, 3.05) is 19.5 Å². The summed E-state index contributed by atoms with van der Waals surface area (Å²) >= 11 is 0. The normalized spacial score (nSPS) is 19.4. The number of methoxy groups -OCH3 is 1. The van der Waals surface area contributed by atoms with Gasteiger partial charge in [-0.15, -0.1) is 0 Å². The molecule has 0 spiro atoms. The maximum Gasteiger partial charge on any atom is 0.274 e. The molecule has 1 atom stereocenters. The van der Waals surface area contributed by atoms with Crippen LogP contribution in [0.15, 0.2) is 41.7 Å². The van der Waals surface area contributed by atoms with E-state index in [2.05, 4.69) is 20.3 Å². The van der Waals surface area contributed by atoms with Crippen molar-refractivity contribution in [1.82, 2.24) is 14.9 Å². The lowest BCUT2D eigenvalue weighted by Gasteiger charge is -2.32. The molecule has 0 fully saturated rings. The molecular formula is C18H20N6O3. The molecule has 2 aromatic heterocycles. The molecular weight excluding hydrogens is 348 g/mol. The summed E-state index contributed by atoms with van der Waals surface area (Å²) in [5, 5.41) is 2.77. The number of pyridine rings is 2. The van der Waals surface area contributed by atoms with E-state index in [9.17, 15) is 9.59 Å². The third-order valence-electron chi connectivity index (χ3n) is 4.35. The van der Waals surface area contributed by atoms with E-state index in [0.717, 1.165) is 0 Å². The highest BCUT2D eigenvalue weighted by Crippen LogP contribution is 2.32. The van der Waals surface area contributed by atoms with E-state index in [1.165, 1.54) is 18.2 Å². The number of hydrogen-bond donors (Lipinski definition) is 2. The van der Waals surface area contributed by atoms with Gasteiger partial charge in [0.2, 0.25) is 5.91 Å². The van der Waals surface area contributed by atoms with Crippen LogP contribution in [0.3, 0.4) is 0 Å². The lowest BCUT2D eigenvalue weighted by molar-refractivity contribution is -0.128. The van der Waals surface area contributed by atoms with Gasteiger partial charge in [-0.3, -0.25) is 19.5 Å². The first-order valence-electron chi connectivity index (χ1n) is 8.22. The van der Waals surface area contributed by atoms with E-state index in [1.54, 1.807) is 44.4 Å². The van der Waals surface area contributed by atoms with E-state index in [0.29, 0.717) is 17.1 Å². The highest BCUT2D eigenvalue weighted by molar-refractivity contribution is 6.03. The SMILES string of the molecule is COc1ccc(C(=O)Nc2ccnc(C3(C)CC(=O)N(C)C(N)=N3)c2)nc1. The van der Waals surface area contributed by atoms with Crippen molar-refractivity contribution in [2.24, 2.45) is 10.7 Å². The van der Waals surface area contributed by atoms with Gasteiger partial charge in [-0.05, 0) is 31.2 Å². The molecule has 3 N–H and O–H groups in total. The number of nitrogens with one attached hydrogen (secondary N) is 1. The van der Waals surface area contributed by atoms with Crippen LogP contribution in [0.2, 0.25) is 0 Å². The smallest absolute Gasteiger partial charge is 0.274 e. The Morgan fingerprint density at radius 1 is 1.33 bits per heavy atom. The van der Waals surface area contributed by atoms with E-state index < -0.39 is 5.54 Å².